The van der Waals surface area contributed by atoms with Crippen LogP contribution in [0, 0.1) is 36.8 Å². The Balaban J connectivity index is 2.06. The highest BCUT2D eigenvalue weighted by Gasteiger charge is 2.08. The van der Waals surface area contributed by atoms with E-state index in [0.717, 1.165) is 11.1 Å². The fraction of sp³-hybridized carbons (Fsp3) is 0. The van der Waals surface area contributed by atoms with Crippen LogP contribution in [0.4, 0.5) is 11.6 Å². The normalized spacial score (nSPS) is 8.85. The molecule has 3 rings (SSSR count). The van der Waals surface area contributed by atoms with Crippen LogP contribution in [-0.2, 0) is 0 Å². The number of pyridine rings is 1. The number of rotatable bonds is 0. The first-order chi connectivity index (χ1) is 12.8. The third-order valence-electron chi connectivity index (χ3n) is 3.42. The van der Waals surface area contributed by atoms with Gasteiger partial charge in [-0.3, -0.25) is 0 Å². The molecule has 1 heterocycles. The molecule has 118 valence electrons. The van der Waals surface area contributed by atoms with E-state index < -0.39 is 0 Å². The maximum absolute atomic E-state index is 7.30. The van der Waals surface area contributed by atoms with Gasteiger partial charge in [0.2, 0.25) is 0 Å². The molecule has 0 aliphatic carbocycles. The molecule has 0 amide bonds. The molecule has 0 fully saturated rings. The number of hydrogen-bond donors (Lipinski definition) is 0. The van der Waals surface area contributed by atoms with Crippen molar-refractivity contribution in [3.8, 4) is 23.7 Å². The van der Waals surface area contributed by atoms with Gasteiger partial charge in [-0.15, -0.1) is 0 Å². The lowest BCUT2D eigenvalue weighted by molar-refractivity contribution is 1.35. The summed E-state index contributed by atoms with van der Waals surface area (Å²) in [5.74, 6) is 12.2. The van der Waals surface area contributed by atoms with Crippen molar-refractivity contribution in [2.45, 2.75) is 0 Å². The Morgan fingerprint density at radius 1 is 0.615 bits per heavy atom. The lowest BCUT2D eigenvalue weighted by atomic mass is 10.1. The van der Waals surface area contributed by atoms with E-state index in [2.05, 4.69) is 38.4 Å². The van der Waals surface area contributed by atoms with Crippen LogP contribution in [0.25, 0.3) is 9.69 Å². The molecule has 0 radical (unpaired) electrons. The van der Waals surface area contributed by atoms with E-state index >= 15 is 0 Å². The molecule has 2 aromatic carbocycles. The highest BCUT2D eigenvalue weighted by atomic mass is 15.0. The zero-order valence-corrected chi connectivity index (χ0v) is 13.7. The molecule has 0 N–H and O–H groups in total. The molecule has 0 bridgehead atoms. The summed E-state index contributed by atoms with van der Waals surface area (Å²) in [5.41, 5.74) is 2.62. The maximum atomic E-state index is 7.30. The van der Waals surface area contributed by atoms with Crippen molar-refractivity contribution in [2.24, 2.45) is 0 Å². The molecule has 0 saturated carbocycles. The minimum absolute atomic E-state index is 0.115. The predicted molar refractivity (Wildman–Crippen MR) is 102 cm³/mol. The summed E-state index contributed by atoms with van der Waals surface area (Å²) >= 11 is 0. The first-order valence-corrected chi connectivity index (χ1v) is 7.74. The van der Waals surface area contributed by atoms with Crippen molar-refractivity contribution in [3.05, 3.63) is 112 Å². The van der Waals surface area contributed by atoms with E-state index in [-0.39, 0.29) is 11.6 Å². The number of benzene rings is 2. The van der Waals surface area contributed by atoms with Crippen molar-refractivity contribution in [3.63, 3.8) is 0 Å². The Bertz CT molecular complexity index is 1050. The standard InChI is InChI=1S/C23H11N3/c1-24-22-20(15-13-18-9-5-3-6-10-18)17-21(23(25-2)26-22)16-14-19-11-7-4-8-12-19/h3-12,17H. The summed E-state index contributed by atoms with van der Waals surface area (Å²) in [6, 6.07) is 20.7. The number of hydrogen-bond acceptors (Lipinski definition) is 1. The largest absolute Gasteiger partial charge is 0.361 e. The van der Waals surface area contributed by atoms with Crippen LogP contribution in [0.2, 0.25) is 0 Å². The summed E-state index contributed by atoms with van der Waals surface area (Å²) in [6.07, 6.45) is 0. The Kier molecular flexibility index (Phi) is 5.08. The summed E-state index contributed by atoms with van der Waals surface area (Å²) in [7, 11) is 0. The SMILES string of the molecule is [C-]#[N+]c1nc([N+]#[C-])c(C#Cc2ccccc2)cc1C#Cc1ccccc1. The molecule has 3 heteroatoms. The quantitative estimate of drug-likeness (QED) is 0.421. The Hall–Kier alpha value is -4.31. The molecule has 0 aliphatic heterocycles. The molecule has 0 aliphatic rings. The molecule has 1 aromatic heterocycles. The van der Waals surface area contributed by atoms with Gasteiger partial charge in [-0.2, -0.15) is 4.98 Å². The van der Waals surface area contributed by atoms with Crippen molar-refractivity contribution < 1.29 is 0 Å². The minimum Gasteiger partial charge on any atom is -0.361 e. The van der Waals surface area contributed by atoms with Gasteiger partial charge in [-0.25, -0.2) is 0 Å². The van der Waals surface area contributed by atoms with Crippen molar-refractivity contribution >= 4 is 11.6 Å². The van der Waals surface area contributed by atoms with Gasteiger partial charge in [0.25, 0.3) is 11.6 Å². The molecule has 0 saturated heterocycles. The van der Waals surface area contributed by atoms with Gasteiger partial charge in [0, 0.05) is 22.3 Å². The number of nitrogens with zero attached hydrogens (tertiary/aromatic N) is 3. The fourth-order valence-electron chi connectivity index (χ4n) is 2.17. The zero-order valence-electron chi connectivity index (χ0n) is 13.7. The maximum Gasteiger partial charge on any atom is 0.271 e. The second-order valence-corrected chi connectivity index (χ2v) is 5.19. The van der Waals surface area contributed by atoms with Crippen LogP contribution < -0.4 is 0 Å². The van der Waals surface area contributed by atoms with Gasteiger partial charge in [-0.1, -0.05) is 73.2 Å². The van der Waals surface area contributed by atoms with Gasteiger partial charge in [0.1, 0.15) is 0 Å². The zero-order chi connectivity index (χ0) is 18.2. The minimum atomic E-state index is 0.115. The molecular weight excluding hydrogens is 318 g/mol. The van der Waals surface area contributed by atoms with Gasteiger partial charge < -0.3 is 9.69 Å². The lowest BCUT2D eigenvalue weighted by Gasteiger charge is -2.01. The van der Waals surface area contributed by atoms with Crippen LogP contribution in [0.15, 0.2) is 66.7 Å². The monoisotopic (exact) mass is 329 g/mol. The average molecular weight is 329 g/mol. The molecule has 0 atom stereocenters. The highest BCUT2D eigenvalue weighted by Crippen LogP contribution is 2.25. The molecule has 26 heavy (non-hydrogen) atoms. The van der Waals surface area contributed by atoms with Crippen LogP contribution in [-0.4, -0.2) is 4.98 Å². The van der Waals surface area contributed by atoms with Crippen LogP contribution in [0.5, 0.6) is 0 Å². The molecule has 0 unspecified atom stereocenters. The second-order valence-electron chi connectivity index (χ2n) is 5.19. The van der Waals surface area contributed by atoms with E-state index in [9.17, 15) is 0 Å². The summed E-state index contributed by atoms with van der Waals surface area (Å²) < 4.78 is 0. The predicted octanol–water partition coefficient (Wildman–Crippen LogP) is 4.98. The van der Waals surface area contributed by atoms with E-state index in [1.54, 1.807) is 6.07 Å². The Morgan fingerprint density at radius 3 is 1.42 bits per heavy atom. The first-order valence-electron chi connectivity index (χ1n) is 7.74. The Labute approximate surface area is 152 Å². The van der Waals surface area contributed by atoms with Crippen molar-refractivity contribution in [1.82, 2.24) is 4.98 Å². The van der Waals surface area contributed by atoms with E-state index in [1.165, 1.54) is 0 Å². The van der Waals surface area contributed by atoms with E-state index in [1.807, 2.05) is 60.7 Å². The van der Waals surface area contributed by atoms with Gasteiger partial charge in [0.05, 0.1) is 0 Å². The second kappa shape index (κ2) is 7.99. The Morgan fingerprint density at radius 2 is 1.04 bits per heavy atom. The third-order valence-corrected chi connectivity index (χ3v) is 3.42. The summed E-state index contributed by atoms with van der Waals surface area (Å²) in [5, 5.41) is 0. The smallest absolute Gasteiger partial charge is 0.271 e. The molecule has 3 aromatic rings. The summed E-state index contributed by atoms with van der Waals surface area (Å²) in [6.45, 7) is 14.6. The molecular formula is C23H11N3. The number of aromatic nitrogens is 1. The van der Waals surface area contributed by atoms with Gasteiger partial charge in [-0.05, 0) is 30.3 Å². The van der Waals surface area contributed by atoms with E-state index in [4.69, 9.17) is 13.1 Å². The van der Waals surface area contributed by atoms with Crippen molar-refractivity contribution in [2.75, 3.05) is 0 Å². The molecule has 3 nitrogen and oxygen atoms in total. The van der Waals surface area contributed by atoms with Crippen LogP contribution >= 0.6 is 0 Å². The third kappa shape index (κ3) is 3.96. The summed E-state index contributed by atoms with van der Waals surface area (Å²) in [4.78, 5) is 10.9. The van der Waals surface area contributed by atoms with Crippen LogP contribution in [0.1, 0.15) is 22.3 Å². The lowest BCUT2D eigenvalue weighted by Crippen LogP contribution is -1.87. The average Bonchev–Trinajstić information content (AvgIpc) is 2.72. The first kappa shape index (κ1) is 16.5. The van der Waals surface area contributed by atoms with Crippen LogP contribution in [0.3, 0.4) is 0 Å². The topological polar surface area (TPSA) is 21.6 Å². The van der Waals surface area contributed by atoms with Gasteiger partial charge >= 0.3 is 0 Å². The van der Waals surface area contributed by atoms with E-state index in [0.29, 0.717) is 11.1 Å². The highest BCUT2D eigenvalue weighted by molar-refractivity contribution is 5.67. The van der Waals surface area contributed by atoms with Gasteiger partial charge in [0.15, 0.2) is 0 Å². The fourth-order valence-corrected chi connectivity index (χ4v) is 2.17. The molecule has 0 spiro atoms. The van der Waals surface area contributed by atoms with Crippen molar-refractivity contribution in [1.29, 1.82) is 0 Å².